The number of rotatable bonds is 3. The molecule has 1 saturated carbocycles. The number of fused-ring (bicyclic) bond motifs is 2. The Hall–Kier alpha value is -2.87. The first kappa shape index (κ1) is 21.4. The van der Waals surface area contributed by atoms with Crippen molar-refractivity contribution in [2.24, 2.45) is 0 Å². The molecule has 2 N–H and O–H groups in total. The van der Waals surface area contributed by atoms with Crippen LogP contribution in [-0.4, -0.2) is 35.1 Å². The van der Waals surface area contributed by atoms with Crippen LogP contribution >= 0.6 is 12.4 Å². The molecule has 2 aromatic carbocycles. The van der Waals surface area contributed by atoms with Gasteiger partial charge in [0.1, 0.15) is 24.6 Å². The molecule has 1 amide bonds. The number of ether oxygens (including phenoxy) is 2. The Balaban J connectivity index is 0.00000231. The fourth-order valence-corrected chi connectivity index (χ4v) is 4.25. The van der Waals surface area contributed by atoms with Crippen LogP contribution < -0.4 is 14.8 Å². The lowest BCUT2D eigenvalue weighted by Crippen LogP contribution is -2.38. The SMILES string of the molecule is Cl.O=C(NC1CCCC(c2nc3c(F)c(F)ccc3[nH]2)C1)c1ccc2c(c1)OCCO2. The maximum absolute atomic E-state index is 14.0. The van der Waals surface area contributed by atoms with Crippen molar-refractivity contribution in [2.75, 3.05) is 13.2 Å². The number of nitrogens with zero attached hydrogens (tertiary/aromatic N) is 1. The van der Waals surface area contributed by atoms with E-state index < -0.39 is 11.6 Å². The number of nitrogens with one attached hydrogen (secondary N) is 2. The minimum atomic E-state index is -0.936. The molecule has 3 aromatic rings. The van der Waals surface area contributed by atoms with Crippen molar-refractivity contribution >= 4 is 29.3 Å². The molecule has 0 bridgehead atoms. The maximum atomic E-state index is 14.0. The van der Waals surface area contributed by atoms with Gasteiger partial charge in [-0.25, -0.2) is 13.8 Å². The van der Waals surface area contributed by atoms with Gasteiger partial charge in [-0.3, -0.25) is 4.79 Å². The van der Waals surface area contributed by atoms with E-state index in [0.29, 0.717) is 48.0 Å². The quantitative estimate of drug-likeness (QED) is 0.617. The Morgan fingerprint density at radius 1 is 1.10 bits per heavy atom. The third-order valence-corrected chi connectivity index (χ3v) is 5.76. The van der Waals surface area contributed by atoms with E-state index in [1.165, 1.54) is 6.07 Å². The van der Waals surface area contributed by atoms with Gasteiger partial charge < -0.3 is 19.8 Å². The minimum absolute atomic E-state index is 0. The Bertz CT molecular complexity index is 1120. The standard InChI is InChI=1S/C22H21F2N3O3.ClH/c23-15-5-6-16-20(19(15)24)27-21(26-16)12-2-1-3-14(10-12)25-22(28)13-4-7-17-18(11-13)30-9-8-29-17;/h4-7,11-12,14H,1-3,8-10H2,(H,25,28)(H,26,27);1H. The van der Waals surface area contributed by atoms with Gasteiger partial charge in [0.25, 0.3) is 5.91 Å². The zero-order chi connectivity index (χ0) is 20.7. The van der Waals surface area contributed by atoms with Crippen LogP contribution in [0.25, 0.3) is 11.0 Å². The van der Waals surface area contributed by atoms with E-state index in [-0.39, 0.29) is 35.8 Å². The van der Waals surface area contributed by atoms with Crippen LogP contribution in [0.3, 0.4) is 0 Å². The molecule has 1 aliphatic heterocycles. The average molecular weight is 450 g/mol. The van der Waals surface area contributed by atoms with E-state index in [1.807, 2.05) is 0 Å². The second-order valence-electron chi connectivity index (χ2n) is 7.77. The normalized spacial score (nSPS) is 20.2. The van der Waals surface area contributed by atoms with Crippen LogP contribution in [0.15, 0.2) is 30.3 Å². The van der Waals surface area contributed by atoms with Crippen LogP contribution in [-0.2, 0) is 0 Å². The molecule has 6 nitrogen and oxygen atoms in total. The molecule has 2 aliphatic rings. The maximum Gasteiger partial charge on any atom is 0.251 e. The molecule has 1 fully saturated rings. The fraction of sp³-hybridized carbons (Fsp3) is 0.364. The van der Waals surface area contributed by atoms with E-state index >= 15 is 0 Å². The van der Waals surface area contributed by atoms with Gasteiger partial charge in [-0.1, -0.05) is 6.42 Å². The van der Waals surface area contributed by atoms with E-state index in [4.69, 9.17) is 9.47 Å². The molecule has 31 heavy (non-hydrogen) atoms. The molecule has 2 unspecified atom stereocenters. The molecule has 0 saturated heterocycles. The summed E-state index contributed by atoms with van der Waals surface area (Å²) in [7, 11) is 0. The molecule has 0 spiro atoms. The lowest BCUT2D eigenvalue weighted by Gasteiger charge is -2.29. The highest BCUT2D eigenvalue weighted by atomic mass is 35.5. The predicted octanol–water partition coefficient (Wildman–Crippen LogP) is 4.49. The summed E-state index contributed by atoms with van der Waals surface area (Å²) in [5.74, 6) is -0.124. The number of hydrogen-bond acceptors (Lipinski definition) is 4. The van der Waals surface area contributed by atoms with Crippen molar-refractivity contribution in [1.29, 1.82) is 0 Å². The summed E-state index contributed by atoms with van der Waals surface area (Å²) < 4.78 is 38.5. The number of aromatic amines is 1. The van der Waals surface area contributed by atoms with E-state index in [0.717, 1.165) is 25.3 Å². The predicted molar refractivity (Wildman–Crippen MR) is 113 cm³/mol. The van der Waals surface area contributed by atoms with E-state index in [9.17, 15) is 13.6 Å². The molecule has 164 valence electrons. The topological polar surface area (TPSA) is 76.2 Å². The number of aromatic nitrogens is 2. The van der Waals surface area contributed by atoms with Gasteiger partial charge in [0, 0.05) is 17.5 Å². The molecule has 5 rings (SSSR count). The number of carbonyl (C=O) groups excluding carboxylic acids is 1. The molecular formula is C22H22ClF2N3O3. The lowest BCUT2D eigenvalue weighted by molar-refractivity contribution is 0.0923. The van der Waals surface area contributed by atoms with Crippen LogP contribution in [0.4, 0.5) is 8.78 Å². The minimum Gasteiger partial charge on any atom is -0.486 e. The van der Waals surface area contributed by atoms with Crippen molar-refractivity contribution in [3.63, 3.8) is 0 Å². The van der Waals surface area contributed by atoms with E-state index in [2.05, 4.69) is 15.3 Å². The van der Waals surface area contributed by atoms with Crippen molar-refractivity contribution < 1.29 is 23.0 Å². The average Bonchev–Trinajstić information content (AvgIpc) is 3.21. The third-order valence-electron chi connectivity index (χ3n) is 5.76. The summed E-state index contributed by atoms with van der Waals surface area (Å²) >= 11 is 0. The Kier molecular flexibility index (Phi) is 6.00. The number of benzene rings is 2. The Labute approximate surface area is 183 Å². The van der Waals surface area contributed by atoms with Crippen LogP contribution in [0.2, 0.25) is 0 Å². The summed E-state index contributed by atoms with van der Waals surface area (Å²) in [6, 6.07) is 7.72. The zero-order valence-electron chi connectivity index (χ0n) is 16.6. The smallest absolute Gasteiger partial charge is 0.251 e. The van der Waals surface area contributed by atoms with Gasteiger partial charge in [0.15, 0.2) is 23.1 Å². The van der Waals surface area contributed by atoms with E-state index in [1.54, 1.807) is 18.2 Å². The highest BCUT2D eigenvalue weighted by Gasteiger charge is 2.28. The Morgan fingerprint density at radius 2 is 1.90 bits per heavy atom. The summed E-state index contributed by atoms with van der Waals surface area (Å²) in [6.45, 7) is 0.963. The summed E-state index contributed by atoms with van der Waals surface area (Å²) in [5, 5.41) is 3.08. The molecule has 2 atom stereocenters. The first-order valence-electron chi connectivity index (χ1n) is 10.1. The zero-order valence-corrected chi connectivity index (χ0v) is 17.4. The van der Waals surface area contributed by atoms with Gasteiger partial charge in [0.05, 0.1) is 5.52 Å². The third kappa shape index (κ3) is 4.17. The highest BCUT2D eigenvalue weighted by Crippen LogP contribution is 2.34. The fourth-order valence-electron chi connectivity index (χ4n) is 4.25. The first-order chi connectivity index (χ1) is 14.6. The number of carbonyl (C=O) groups is 1. The number of H-pyrrole nitrogens is 1. The van der Waals surface area contributed by atoms with Gasteiger partial charge in [-0.15, -0.1) is 12.4 Å². The molecule has 9 heteroatoms. The van der Waals surface area contributed by atoms with Crippen molar-refractivity contribution in [3.05, 3.63) is 53.4 Å². The molecule has 2 heterocycles. The van der Waals surface area contributed by atoms with Crippen LogP contribution in [0.1, 0.15) is 47.8 Å². The lowest BCUT2D eigenvalue weighted by atomic mass is 9.85. The van der Waals surface area contributed by atoms with Gasteiger partial charge in [0.2, 0.25) is 0 Å². The molecule has 1 aliphatic carbocycles. The van der Waals surface area contributed by atoms with Crippen molar-refractivity contribution in [1.82, 2.24) is 15.3 Å². The summed E-state index contributed by atoms with van der Waals surface area (Å²) in [5.41, 5.74) is 1.02. The monoisotopic (exact) mass is 449 g/mol. The van der Waals surface area contributed by atoms with Crippen LogP contribution in [0.5, 0.6) is 11.5 Å². The number of amides is 1. The van der Waals surface area contributed by atoms with Crippen LogP contribution in [0, 0.1) is 11.6 Å². The van der Waals surface area contributed by atoms with Crippen molar-refractivity contribution in [3.8, 4) is 11.5 Å². The number of imidazole rings is 1. The molecule has 1 aromatic heterocycles. The highest BCUT2D eigenvalue weighted by molar-refractivity contribution is 5.95. The second kappa shape index (κ2) is 8.70. The number of halogens is 3. The van der Waals surface area contributed by atoms with Crippen molar-refractivity contribution in [2.45, 2.75) is 37.6 Å². The molecule has 0 radical (unpaired) electrons. The first-order valence-corrected chi connectivity index (χ1v) is 10.1. The summed E-state index contributed by atoms with van der Waals surface area (Å²) in [6.07, 6.45) is 3.32. The molecular weight excluding hydrogens is 428 g/mol. The second-order valence-corrected chi connectivity index (χ2v) is 7.77. The van der Waals surface area contributed by atoms with Gasteiger partial charge in [-0.05, 0) is 49.6 Å². The Morgan fingerprint density at radius 3 is 2.74 bits per heavy atom. The summed E-state index contributed by atoms with van der Waals surface area (Å²) in [4.78, 5) is 20.2. The van der Waals surface area contributed by atoms with Gasteiger partial charge >= 0.3 is 0 Å². The number of hydrogen-bond donors (Lipinski definition) is 2. The van der Waals surface area contributed by atoms with Gasteiger partial charge in [-0.2, -0.15) is 0 Å². The largest absolute Gasteiger partial charge is 0.486 e.